The van der Waals surface area contributed by atoms with E-state index in [1.54, 1.807) is 14.1 Å². The molecule has 1 aromatic carbocycles. The summed E-state index contributed by atoms with van der Waals surface area (Å²) >= 11 is 0. The number of amides is 1. The van der Waals surface area contributed by atoms with Crippen molar-refractivity contribution in [3.05, 3.63) is 41.5 Å². The quantitative estimate of drug-likeness (QED) is 0.774. The number of nitrogens with zero attached hydrogens (tertiary/aromatic N) is 1. The number of ketones is 1. The van der Waals surface area contributed by atoms with Gasteiger partial charge in [0.1, 0.15) is 0 Å². The van der Waals surface area contributed by atoms with Crippen molar-refractivity contribution in [3.8, 4) is 0 Å². The van der Waals surface area contributed by atoms with Crippen LogP contribution in [0.25, 0.3) is 5.57 Å². The molecule has 3 rings (SSSR count). The fraction of sp³-hybridized carbons (Fsp3) is 0.412. The van der Waals surface area contributed by atoms with Crippen molar-refractivity contribution in [3.63, 3.8) is 0 Å². The van der Waals surface area contributed by atoms with Crippen LogP contribution in [-0.2, 0) is 15.0 Å². The Kier molecular flexibility index (Phi) is 3.00. The lowest BCUT2D eigenvalue weighted by Crippen LogP contribution is -2.30. The Morgan fingerprint density at radius 3 is 2.40 bits per heavy atom. The Bertz CT molecular complexity index is 607. The molecule has 0 unspecified atom stereocenters. The van der Waals surface area contributed by atoms with Crippen molar-refractivity contribution in [2.75, 3.05) is 14.1 Å². The normalized spacial score (nSPS) is 18.8. The maximum Gasteiger partial charge on any atom is 0.294 e. The van der Waals surface area contributed by atoms with Crippen molar-refractivity contribution in [1.82, 2.24) is 4.90 Å². The first-order chi connectivity index (χ1) is 9.55. The average molecular weight is 269 g/mol. The fourth-order valence-corrected chi connectivity index (χ4v) is 3.51. The summed E-state index contributed by atoms with van der Waals surface area (Å²) in [6.45, 7) is 0. The third-order valence-corrected chi connectivity index (χ3v) is 4.52. The summed E-state index contributed by atoms with van der Waals surface area (Å²) in [5.41, 5.74) is 2.77. The molecular weight excluding hydrogens is 250 g/mol. The molecule has 1 fully saturated rings. The van der Waals surface area contributed by atoms with Crippen LogP contribution in [0.3, 0.4) is 0 Å². The number of fused-ring (bicyclic) bond motifs is 2. The van der Waals surface area contributed by atoms with Gasteiger partial charge < -0.3 is 4.90 Å². The Balaban J connectivity index is 2.08. The number of carbonyl (C=O) groups is 2. The highest BCUT2D eigenvalue weighted by Crippen LogP contribution is 2.50. The van der Waals surface area contributed by atoms with E-state index in [4.69, 9.17) is 0 Å². The van der Waals surface area contributed by atoms with Crippen LogP contribution in [0.2, 0.25) is 0 Å². The van der Waals surface area contributed by atoms with Crippen molar-refractivity contribution >= 4 is 17.3 Å². The van der Waals surface area contributed by atoms with E-state index in [2.05, 4.69) is 12.1 Å². The largest absolute Gasteiger partial charge is 0.342 e. The van der Waals surface area contributed by atoms with Gasteiger partial charge in [-0.05, 0) is 24.0 Å². The number of rotatable bonds is 2. The topological polar surface area (TPSA) is 37.4 Å². The van der Waals surface area contributed by atoms with E-state index in [1.807, 2.05) is 18.2 Å². The molecule has 0 aromatic heterocycles. The molecule has 0 radical (unpaired) electrons. The van der Waals surface area contributed by atoms with Crippen molar-refractivity contribution < 1.29 is 9.59 Å². The number of likely N-dealkylation sites (N-methyl/N-ethyl adjacent to an activating group) is 1. The van der Waals surface area contributed by atoms with Gasteiger partial charge in [0.15, 0.2) is 0 Å². The highest BCUT2D eigenvalue weighted by Gasteiger charge is 2.42. The van der Waals surface area contributed by atoms with Gasteiger partial charge in [-0.3, -0.25) is 9.59 Å². The molecule has 0 heterocycles. The monoisotopic (exact) mass is 269 g/mol. The molecule has 1 saturated carbocycles. The zero-order chi connectivity index (χ0) is 14.3. The molecule has 0 bridgehead atoms. The van der Waals surface area contributed by atoms with E-state index < -0.39 is 5.91 Å². The van der Waals surface area contributed by atoms with E-state index in [-0.39, 0.29) is 11.2 Å². The fourth-order valence-electron chi connectivity index (χ4n) is 3.51. The first-order valence-electron chi connectivity index (χ1n) is 7.14. The van der Waals surface area contributed by atoms with Gasteiger partial charge >= 0.3 is 0 Å². The van der Waals surface area contributed by atoms with Crippen LogP contribution in [0, 0.1) is 0 Å². The molecule has 0 atom stereocenters. The summed E-state index contributed by atoms with van der Waals surface area (Å²) in [4.78, 5) is 25.8. The lowest BCUT2D eigenvalue weighted by atomic mass is 9.81. The summed E-state index contributed by atoms with van der Waals surface area (Å²) in [6.07, 6.45) is 6.60. The molecular formula is C17H19NO2. The van der Waals surface area contributed by atoms with Gasteiger partial charge in [-0.1, -0.05) is 43.2 Å². The molecule has 2 aliphatic carbocycles. The van der Waals surface area contributed by atoms with Crippen LogP contribution in [0.1, 0.15) is 36.8 Å². The first-order valence-corrected chi connectivity index (χ1v) is 7.14. The van der Waals surface area contributed by atoms with Crippen molar-refractivity contribution in [2.45, 2.75) is 31.1 Å². The van der Waals surface area contributed by atoms with Crippen LogP contribution < -0.4 is 0 Å². The van der Waals surface area contributed by atoms with Gasteiger partial charge in [-0.25, -0.2) is 0 Å². The Labute approximate surface area is 119 Å². The summed E-state index contributed by atoms with van der Waals surface area (Å²) in [5.74, 6) is -0.827. The molecule has 2 aliphatic rings. The highest BCUT2D eigenvalue weighted by atomic mass is 16.2. The van der Waals surface area contributed by atoms with Crippen LogP contribution in [-0.4, -0.2) is 30.7 Å². The smallest absolute Gasteiger partial charge is 0.294 e. The minimum atomic E-state index is -0.443. The number of benzene rings is 1. The molecule has 0 N–H and O–H groups in total. The van der Waals surface area contributed by atoms with E-state index in [9.17, 15) is 9.59 Å². The summed E-state index contributed by atoms with van der Waals surface area (Å²) in [7, 11) is 3.24. The third kappa shape index (κ3) is 1.80. The van der Waals surface area contributed by atoms with Gasteiger partial charge in [-0.2, -0.15) is 0 Å². The standard InChI is InChI=1S/C17H19NO2/c1-18(2)16(20)15(19)13-11-17(9-5-6-10-17)14-8-4-3-7-12(13)14/h3-4,7-8,11H,5-6,9-10H2,1-2H3. The summed E-state index contributed by atoms with van der Waals surface area (Å²) in [6, 6.07) is 8.04. The molecule has 104 valence electrons. The second kappa shape index (κ2) is 4.58. The van der Waals surface area contributed by atoms with E-state index in [0.29, 0.717) is 5.57 Å². The maximum absolute atomic E-state index is 12.4. The molecule has 3 nitrogen and oxygen atoms in total. The lowest BCUT2D eigenvalue weighted by Gasteiger charge is -2.22. The van der Waals surface area contributed by atoms with Crippen LogP contribution >= 0.6 is 0 Å². The van der Waals surface area contributed by atoms with E-state index in [0.717, 1.165) is 18.4 Å². The van der Waals surface area contributed by atoms with E-state index >= 15 is 0 Å². The lowest BCUT2D eigenvalue weighted by molar-refractivity contribution is -0.139. The Morgan fingerprint density at radius 2 is 1.75 bits per heavy atom. The maximum atomic E-state index is 12.4. The number of hydrogen-bond acceptors (Lipinski definition) is 2. The predicted octanol–water partition coefficient (Wildman–Crippen LogP) is 2.55. The predicted molar refractivity (Wildman–Crippen MR) is 78.3 cm³/mol. The van der Waals surface area contributed by atoms with Gasteiger partial charge in [0.05, 0.1) is 0 Å². The van der Waals surface area contributed by atoms with Crippen molar-refractivity contribution in [2.24, 2.45) is 0 Å². The Morgan fingerprint density at radius 1 is 1.10 bits per heavy atom. The minimum Gasteiger partial charge on any atom is -0.342 e. The highest BCUT2D eigenvalue weighted by molar-refractivity contribution is 6.53. The SMILES string of the molecule is CN(C)C(=O)C(=O)C1=CC2(CCCC2)c2ccccc21. The minimum absolute atomic E-state index is 0.00577. The molecule has 0 aliphatic heterocycles. The van der Waals surface area contributed by atoms with Crippen LogP contribution in [0.4, 0.5) is 0 Å². The number of carbonyl (C=O) groups excluding carboxylic acids is 2. The Hall–Kier alpha value is -1.90. The molecule has 1 amide bonds. The molecule has 1 spiro atoms. The van der Waals surface area contributed by atoms with Crippen molar-refractivity contribution in [1.29, 1.82) is 0 Å². The zero-order valence-corrected chi connectivity index (χ0v) is 12.0. The second-order valence-electron chi connectivity index (χ2n) is 6.00. The zero-order valence-electron chi connectivity index (χ0n) is 12.0. The molecule has 1 aromatic rings. The number of hydrogen-bond donors (Lipinski definition) is 0. The number of allylic oxidation sites excluding steroid dienone is 1. The van der Waals surface area contributed by atoms with Crippen LogP contribution in [0.5, 0.6) is 0 Å². The summed E-state index contributed by atoms with van der Waals surface area (Å²) < 4.78 is 0. The summed E-state index contributed by atoms with van der Waals surface area (Å²) in [5, 5.41) is 0. The average Bonchev–Trinajstić information content (AvgIpc) is 3.05. The van der Waals surface area contributed by atoms with Gasteiger partial charge in [0, 0.05) is 25.1 Å². The van der Waals surface area contributed by atoms with Gasteiger partial charge in [0.2, 0.25) is 0 Å². The molecule has 3 heteroatoms. The van der Waals surface area contributed by atoms with Crippen LogP contribution in [0.15, 0.2) is 30.3 Å². The second-order valence-corrected chi connectivity index (χ2v) is 6.00. The first kappa shape index (κ1) is 13.1. The van der Waals surface area contributed by atoms with Gasteiger partial charge in [0.25, 0.3) is 11.7 Å². The van der Waals surface area contributed by atoms with E-state index in [1.165, 1.54) is 23.3 Å². The third-order valence-electron chi connectivity index (χ3n) is 4.52. The molecule has 0 saturated heterocycles. The number of Topliss-reactive ketones (excluding diaryl/α,β-unsaturated/α-hetero) is 1. The molecule has 20 heavy (non-hydrogen) atoms. The van der Waals surface area contributed by atoms with Gasteiger partial charge in [-0.15, -0.1) is 0 Å².